The molecule has 0 unspecified atom stereocenters. The fourth-order valence-corrected chi connectivity index (χ4v) is 3.74. The average molecular weight is 388 g/mol. The third-order valence-electron chi connectivity index (χ3n) is 4.70. The van der Waals surface area contributed by atoms with Crippen molar-refractivity contribution in [2.45, 2.75) is 38.3 Å². The fourth-order valence-electron chi connectivity index (χ4n) is 3.32. The van der Waals surface area contributed by atoms with E-state index < -0.39 is 11.7 Å². The van der Waals surface area contributed by atoms with E-state index >= 15 is 0 Å². The summed E-state index contributed by atoms with van der Waals surface area (Å²) in [5.41, 5.74) is -0.301. The summed E-state index contributed by atoms with van der Waals surface area (Å²) in [7, 11) is 0. The zero-order chi connectivity index (χ0) is 19.0. The van der Waals surface area contributed by atoms with Crippen LogP contribution >= 0.6 is 11.8 Å². The van der Waals surface area contributed by atoms with E-state index in [4.69, 9.17) is 0 Å². The van der Waals surface area contributed by atoms with Gasteiger partial charge in [-0.1, -0.05) is 0 Å². The zero-order valence-electron chi connectivity index (χ0n) is 15.1. The third kappa shape index (κ3) is 7.19. The van der Waals surface area contributed by atoms with E-state index in [9.17, 15) is 18.0 Å². The molecular weight excluding hydrogens is 361 g/mol. The van der Waals surface area contributed by atoms with Crippen LogP contribution in [0.25, 0.3) is 0 Å². The molecule has 3 nitrogen and oxygen atoms in total. The molecular formula is C19H27F3N2OS. The second kappa shape index (κ2) is 10.2. The smallest absolute Gasteiger partial charge is 0.326 e. The van der Waals surface area contributed by atoms with Crippen LogP contribution in [0.15, 0.2) is 24.3 Å². The maximum atomic E-state index is 12.5. The van der Waals surface area contributed by atoms with Crippen molar-refractivity contribution in [3.05, 3.63) is 29.8 Å². The number of benzene rings is 1. The van der Waals surface area contributed by atoms with E-state index in [0.29, 0.717) is 18.0 Å². The maximum absolute atomic E-state index is 12.5. The van der Waals surface area contributed by atoms with Crippen LogP contribution in [0.5, 0.6) is 0 Å². The number of hydrogen-bond donors (Lipinski definition) is 1. The molecule has 1 aliphatic heterocycles. The van der Waals surface area contributed by atoms with Crippen LogP contribution in [-0.4, -0.2) is 42.4 Å². The third-order valence-corrected chi connectivity index (χ3v) is 5.40. The molecule has 1 fully saturated rings. The van der Waals surface area contributed by atoms with Crippen molar-refractivity contribution in [2.75, 3.05) is 37.0 Å². The Labute approximate surface area is 157 Å². The molecule has 0 aliphatic carbocycles. The van der Waals surface area contributed by atoms with Gasteiger partial charge in [-0.15, -0.1) is 0 Å². The highest BCUT2D eigenvalue weighted by atomic mass is 32.2. The van der Waals surface area contributed by atoms with Gasteiger partial charge in [-0.2, -0.15) is 24.9 Å². The number of alkyl halides is 3. The van der Waals surface area contributed by atoms with Crippen LogP contribution < -0.4 is 5.32 Å². The number of anilines is 1. The largest absolute Gasteiger partial charge is 0.416 e. The zero-order valence-corrected chi connectivity index (χ0v) is 16.0. The Morgan fingerprint density at radius 3 is 2.69 bits per heavy atom. The first-order valence-electron chi connectivity index (χ1n) is 9.07. The van der Waals surface area contributed by atoms with Crippen LogP contribution in [0.3, 0.4) is 0 Å². The van der Waals surface area contributed by atoms with E-state index in [1.807, 2.05) is 11.8 Å². The first kappa shape index (κ1) is 21.1. The molecule has 1 N–H and O–H groups in total. The summed E-state index contributed by atoms with van der Waals surface area (Å²) >= 11 is 1.87. The minimum absolute atomic E-state index is 0.135. The van der Waals surface area contributed by atoms with Gasteiger partial charge in [0, 0.05) is 18.7 Å². The van der Waals surface area contributed by atoms with E-state index in [1.54, 1.807) is 0 Å². The lowest BCUT2D eigenvalue weighted by Crippen LogP contribution is -2.36. The Bertz CT molecular complexity index is 563. The second-order valence-corrected chi connectivity index (χ2v) is 7.80. The SMILES string of the molecule is CSCCCN1CCC[C@H](CCC(=O)Nc2ccc(C(F)(F)F)cc2)C1. The van der Waals surface area contributed by atoms with Crippen LogP contribution in [0.4, 0.5) is 18.9 Å². The van der Waals surface area contributed by atoms with Crippen LogP contribution in [0.1, 0.15) is 37.7 Å². The molecule has 146 valence electrons. The van der Waals surface area contributed by atoms with Gasteiger partial charge >= 0.3 is 6.18 Å². The Hall–Kier alpha value is -1.21. The predicted molar refractivity (Wildman–Crippen MR) is 101 cm³/mol. The van der Waals surface area contributed by atoms with Gasteiger partial charge in [0.05, 0.1) is 5.56 Å². The lowest BCUT2D eigenvalue weighted by molar-refractivity contribution is -0.137. The highest BCUT2D eigenvalue weighted by molar-refractivity contribution is 7.98. The van der Waals surface area contributed by atoms with Crippen molar-refractivity contribution < 1.29 is 18.0 Å². The molecule has 0 spiro atoms. The lowest BCUT2D eigenvalue weighted by Gasteiger charge is -2.32. The molecule has 0 radical (unpaired) electrons. The minimum atomic E-state index is -4.36. The van der Waals surface area contributed by atoms with Crippen molar-refractivity contribution >= 4 is 23.4 Å². The van der Waals surface area contributed by atoms with Gasteiger partial charge in [-0.25, -0.2) is 0 Å². The Morgan fingerprint density at radius 2 is 2.04 bits per heavy atom. The van der Waals surface area contributed by atoms with E-state index in [-0.39, 0.29) is 5.91 Å². The highest BCUT2D eigenvalue weighted by Crippen LogP contribution is 2.30. The lowest BCUT2D eigenvalue weighted by atomic mass is 9.93. The predicted octanol–water partition coefficient (Wildman–Crippen LogP) is 4.89. The van der Waals surface area contributed by atoms with Crippen LogP contribution in [-0.2, 0) is 11.0 Å². The van der Waals surface area contributed by atoms with Gasteiger partial charge in [0.2, 0.25) is 5.91 Å². The van der Waals surface area contributed by atoms with Crippen molar-refractivity contribution in [2.24, 2.45) is 5.92 Å². The Balaban J connectivity index is 1.72. The van der Waals surface area contributed by atoms with E-state index in [0.717, 1.165) is 44.6 Å². The molecule has 1 aromatic rings. The summed E-state index contributed by atoms with van der Waals surface area (Å²) in [6.45, 7) is 3.31. The van der Waals surface area contributed by atoms with Gasteiger partial charge in [-0.05, 0) is 81.0 Å². The normalized spacial score (nSPS) is 18.7. The number of thioether (sulfide) groups is 1. The van der Waals surface area contributed by atoms with Crippen LogP contribution in [0.2, 0.25) is 0 Å². The summed E-state index contributed by atoms with van der Waals surface area (Å²) in [5, 5.41) is 2.69. The number of carbonyl (C=O) groups is 1. The average Bonchev–Trinajstić information content (AvgIpc) is 2.60. The van der Waals surface area contributed by atoms with Gasteiger partial charge < -0.3 is 10.2 Å². The number of rotatable bonds is 8. The first-order valence-corrected chi connectivity index (χ1v) is 10.5. The standard InChI is InChI=1S/C19H27F3N2OS/c1-26-13-3-12-24-11-2-4-15(14-24)5-10-18(25)23-17-8-6-16(7-9-17)19(20,21)22/h6-9,15H,2-5,10-14H2,1H3,(H,23,25)/t15-/m1/s1. The molecule has 1 saturated heterocycles. The molecule has 0 aromatic heterocycles. The molecule has 26 heavy (non-hydrogen) atoms. The maximum Gasteiger partial charge on any atom is 0.416 e. The minimum Gasteiger partial charge on any atom is -0.326 e. The van der Waals surface area contributed by atoms with Crippen molar-refractivity contribution in [1.82, 2.24) is 4.90 Å². The van der Waals surface area contributed by atoms with E-state index in [1.165, 1.54) is 30.7 Å². The first-order chi connectivity index (χ1) is 12.4. The summed E-state index contributed by atoms with van der Waals surface area (Å²) in [5.74, 6) is 1.57. The van der Waals surface area contributed by atoms with Gasteiger partial charge in [0.1, 0.15) is 0 Å². The number of hydrogen-bond acceptors (Lipinski definition) is 3. The molecule has 0 saturated carbocycles. The molecule has 7 heteroatoms. The number of carbonyl (C=O) groups excluding carboxylic acids is 1. The number of amides is 1. The monoisotopic (exact) mass is 388 g/mol. The molecule has 2 rings (SSSR count). The number of nitrogens with one attached hydrogen (secondary N) is 1. The fraction of sp³-hybridized carbons (Fsp3) is 0.632. The quantitative estimate of drug-likeness (QED) is 0.644. The van der Waals surface area contributed by atoms with Crippen molar-refractivity contribution in [3.8, 4) is 0 Å². The molecule has 1 heterocycles. The molecule has 1 atom stereocenters. The number of piperidine rings is 1. The number of likely N-dealkylation sites (tertiary alicyclic amines) is 1. The van der Waals surface area contributed by atoms with Crippen molar-refractivity contribution in [1.29, 1.82) is 0 Å². The number of halogens is 3. The molecule has 1 aromatic carbocycles. The summed E-state index contributed by atoms with van der Waals surface area (Å²) in [6, 6.07) is 4.58. The Morgan fingerprint density at radius 1 is 1.31 bits per heavy atom. The topological polar surface area (TPSA) is 32.3 Å². The summed E-state index contributed by atoms with van der Waals surface area (Å²) < 4.78 is 37.6. The number of nitrogens with zero attached hydrogens (tertiary/aromatic N) is 1. The molecule has 1 aliphatic rings. The Kier molecular flexibility index (Phi) is 8.28. The van der Waals surface area contributed by atoms with Gasteiger partial charge in [-0.3, -0.25) is 4.79 Å². The molecule has 0 bridgehead atoms. The van der Waals surface area contributed by atoms with E-state index in [2.05, 4.69) is 16.5 Å². The summed E-state index contributed by atoms with van der Waals surface area (Å²) in [6.07, 6.45) is 2.51. The second-order valence-electron chi connectivity index (χ2n) is 6.82. The molecule has 1 amide bonds. The van der Waals surface area contributed by atoms with Gasteiger partial charge in [0.25, 0.3) is 0 Å². The van der Waals surface area contributed by atoms with Crippen molar-refractivity contribution in [3.63, 3.8) is 0 Å². The summed E-state index contributed by atoms with van der Waals surface area (Å²) in [4.78, 5) is 14.6. The highest BCUT2D eigenvalue weighted by Gasteiger charge is 2.30. The van der Waals surface area contributed by atoms with Crippen LogP contribution in [0, 0.1) is 5.92 Å². The van der Waals surface area contributed by atoms with Gasteiger partial charge in [0.15, 0.2) is 0 Å².